The van der Waals surface area contributed by atoms with Crippen LogP contribution in [0, 0.1) is 26.7 Å². The van der Waals surface area contributed by atoms with E-state index in [1.807, 2.05) is 24.3 Å². The van der Waals surface area contributed by atoms with Crippen LogP contribution < -0.4 is 9.47 Å². The van der Waals surface area contributed by atoms with Crippen molar-refractivity contribution in [1.82, 2.24) is 19.9 Å². The third-order valence-corrected chi connectivity index (χ3v) is 17.2. The van der Waals surface area contributed by atoms with Crippen LogP contribution in [0.4, 0.5) is 0 Å². The van der Waals surface area contributed by atoms with Gasteiger partial charge in [-0.2, -0.15) is 0 Å². The van der Waals surface area contributed by atoms with Gasteiger partial charge in [0.25, 0.3) is 0 Å². The van der Waals surface area contributed by atoms with Crippen molar-refractivity contribution in [2.75, 3.05) is 14.2 Å². The van der Waals surface area contributed by atoms with Gasteiger partial charge in [-0.15, -0.1) is 0 Å². The smallest absolute Gasteiger partial charge is 0.186 e. The van der Waals surface area contributed by atoms with Crippen molar-refractivity contribution in [2.45, 2.75) is 64.2 Å². The van der Waals surface area contributed by atoms with Gasteiger partial charge in [0.15, 0.2) is 11.6 Å². The number of carbonyl (C=O) groups is 2. The number of Topliss-reactive ketones (excluding diaryl/α,β-unsaturated/α-hetero) is 1. The number of allylic oxidation sites excluding steroid dienone is 4. The van der Waals surface area contributed by atoms with Crippen molar-refractivity contribution in [1.29, 1.82) is 0 Å². The lowest BCUT2D eigenvalue weighted by atomic mass is 9.56. The average molecular weight is 1010 g/mol. The maximum Gasteiger partial charge on any atom is 0.186 e. The number of methoxy groups -OCH3 is 2. The van der Waals surface area contributed by atoms with E-state index < -0.39 is 11.8 Å². The topological polar surface area (TPSA) is 110 Å². The summed E-state index contributed by atoms with van der Waals surface area (Å²) in [5.74, 6) is 0.436. The number of hydrogen-bond donors (Lipinski definition) is 2. The van der Waals surface area contributed by atoms with Crippen LogP contribution in [0.15, 0.2) is 156 Å². The van der Waals surface area contributed by atoms with Gasteiger partial charge < -0.3 is 19.4 Å². The average Bonchev–Trinajstić information content (AvgIpc) is 4.45. The Balaban J connectivity index is 0.911. The Morgan fingerprint density at radius 3 is 1.31 bits per heavy atom. The highest BCUT2D eigenvalue weighted by Gasteiger charge is 2.52. The van der Waals surface area contributed by atoms with Gasteiger partial charge >= 0.3 is 0 Å². The molecule has 3 aromatic heterocycles. The van der Waals surface area contributed by atoms with Crippen molar-refractivity contribution >= 4 is 57.9 Å². The fourth-order valence-electron chi connectivity index (χ4n) is 13.5. The first-order valence-electron chi connectivity index (χ1n) is 26.9. The lowest BCUT2D eigenvalue weighted by Gasteiger charge is -2.45. The predicted octanol–water partition coefficient (Wildman–Crippen LogP) is 15.5. The number of ketones is 2. The van der Waals surface area contributed by atoms with Crippen molar-refractivity contribution in [3.05, 3.63) is 224 Å². The molecule has 0 radical (unpaired) electrons. The minimum Gasteiger partial charge on any atom is -0.496 e. The number of aromatic nitrogens is 4. The Bertz CT molecular complexity index is 4090. The number of nitrogens with one attached hydrogen (secondary N) is 2. The van der Waals surface area contributed by atoms with E-state index in [9.17, 15) is 4.79 Å². The Morgan fingerprint density at radius 1 is 0.442 bits per heavy atom. The van der Waals surface area contributed by atoms with Crippen LogP contribution in [-0.2, 0) is 9.59 Å². The molecule has 2 atom stereocenters. The maximum atomic E-state index is 15.4. The maximum absolute atomic E-state index is 15.4. The second kappa shape index (κ2) is 18.2. The van der Waals surface area contributed by atoms with Gasteiger partial charge in [-0.3, -0.25) is 9.59 Å². The Hall–Kier alpha value is -8.88. The molecule has 5 aromatic carbocycles. The van der Waals surface area contributed by atoms with Crippen LogP contribution in [0.5, 0.6) is 11.5 Å². The summed E-state index contributed by atoms with van der Waals surface area (Å²) >= 11 is 0. The summed E-state index contributed by atoms with van der Waals surface area (Å²) in [6.07, 6.45) is 13.4. The number of aryl methyl sites for hydroxylation is 3. The lowest BCUT2D eigenvalue weighted by Crippen LogP contribution is -2.38. The first-order valence-corrected chi connectivity index (χ1v) is 26.9. The molecule has 0 amide bonds. The Labute approximate surface area is 447 Å². The Morgan fingerprint density at radius 2 is 0.844 bits per heavy atom. The molecule has 8 nitrogen and oxygen atoms in total. The number of nitrogens with zero attached hydrogens (tertiary/aromatic N) is 2. The van der Waals surface area contributed by atoms with E-state index in [1.165, 1.54) is 16.7 Å². The van der Waals surface area contributed by atoms with E-state index in [0.717, 1.165) is 132 Å². The zero-order chi connectivity index (χ0) is 52.2. The third-order valence-electron chi connectivity index (χ3n) is 17.2. The fraction of sp³-hybridized carbons (Fsp3) is 0.188. The van der Waals surface area contributed by atoms with E-state index in [0.29, 0.717) is 28.2 Å². The number of aromatic amines is 2. The minimum atomic E-state index is -0.444. The standard InChI is InChI=1S/C69H56N4O4/c1-37-10-16-41(17-11-37)59-48-26-28-50(70-48)60(42-18-12-38(2)13-19-42)52-30-32-54(72-52)62(55-33-31-53(73-55)61(51-29-27-49(59)71-51)43-20-14-39(3)15-21-43)44-24-22-40(23-25-44)47-36-56(74)65-63-45-8-6-7-9-46(45)64(68(65)69(47)75)67-58(77-5)35-34-57(76-4)66(63)67/h6-21,26-36,40,44,63-64,70,73H,22-25H2,1-5H3/t40?,44?,63-,64-/m0/s1. The zero-order valence-electron chi connectivity index (χ0n) is 43.8. The molecule has 2 N–H and O–H groups in total. The van der Waals surface area contributed by atoms with Crippen LogP contribution in [0.1, 0.15) is 111 Å². The molecular formula is C69H56N4O4. The van der Waals surface area contributed by atoms with Gasteiger partial charge in [0.05, 0.1) is 37.0 Å². The molecule has 0 spiro atoms. The highest BCUT2D eigenvalue weighted by molar-refractivity contribution is 6.26. The summed E-state index contributed by atoms with van der Waals surface area (Å²) < 4.78 is 12.0. The van der Waals surface area contributed by atoms with Crippen LogP contribution in [0.3, 0.4) is 0 Å². The molecule has 1 fully saturated rings. The van der Waals surface area contributed by atoms with Gasteiger partial charge in [0.1, 0.15) is 11.5 Å². The van der Waals surface area contributed by atoms with Crippen molar-refractivity contribution in [3.8, 4) is 44.9 Å². The quantitative estimate of drug-likeness (QED) is 0.154. The van der Waals surface area contributed by atoms with Crippen LogP contribution in [-0.4, -0.2) is 45.7 Å². The molecule has 5 aliphatic carbocycles. The molecule has 1 saturated carbocycles. The summed E-state index contributed by atoms with van der Waals surface area (Å²) in [7, 11) is 3.33. The molecule has 15 rings (SSSR count). The highest BCUT2D eigenvalue weighted by Crippen LogP contribution is 2.62. The number of rotatable bonds is 7. The van der Waals surface area contributed by atoms with Gasteiger partial charge in [0, 0.05) is 84.0 Å². The zero-order valence-corrected chi connectivity index (χ0v) is 43.8. The highest BCUT2D eigenvalue weighted by atomic mass is 16.5. The van der Waals surface area contributed by atoms with Crippen LogP contribution >= 0.6 is 0 Å². The fourth-order valence-corrected chi connectivity index (χ4v) is 13.5. The van der Waals surface area contributed by atoms with E-state index in [-0.39, 0.29) is 23.4 Å². The van der Waals surface area contributed by atoms with Crippen molar-refractivity contribution in [3.63, 3.8) is 0 Å². The number of carbonyl (C=O) groups excluding carboxylic acids is 2. The SMILES string of the molecule is COc1ccc(OC)c2c1[C@@H]1C3=C(C(=O)C(C4CCC(c5c6nc(c(-c7ccc(C)cc7)c7ccc([nH]7)c(-c7ccc(C)cc7)c7nc(c(-c8ccc(C)cc8)c8ccc5[nH]8)C=C7)C=C6)CC4)=CC3=O)[C@H]2c2ccccc21. The number of ether oxygens (including phenoxy) is 2. The molecule has 0 saturated heterocycles. The van der Waals surface area contributed by atoms with Crippen molar-refractivity contribution < 1.29 is 19.1 Å². The Kier molecular flexibility index (Phi) is 11.0. The minimum absolute atomic E-state index is 0.0181. The summed E-state index contributed by atoms with van der Waals surface area (Å²) in [5, 5.41) is 0. The number of H-pyrrole nitrogens is 2. The van der Waals surface area contributed by atoms with E-state index >= 15 is 4.79 Å². The molecule has 8 heteroatoms. The predicted molar refractivity (Wildman–Crippen MR) is 309 cm³/mol. The molecule has 5 heterocycles. The second-order valence-corrected chi connectivity index (χ2v) is 21.6. The monoisotopic (exact) mass is 1000 g/mol. The van der Waals surface area contributed by atoms with Gasteiger partial charge in [-0.1, -0.05) is 114 Å². The van der Waals surface area contributed by atoms with Crippen LogP contribution in [0.2, 0.25) is 0 Å². The second-order valence-electron chi connectivity index (χ2n) is 21.6. The molecule has 0 unspecified atom stereocenters. The summed E-state index contributed by atoms with van der Waals surface area (Å²) in [5.41, 5.74) is 24.1. The molecule has 10 bridgehead atoms. The van der Waals surface area contributed by atoms with Gasteiger partial charge in [0.2, 0.25) is 0 Å². The normalized spacial score (nSPS) is 19.0. The number of fused-ring (bicyclic) bond motifs is 8. The van der Waals surface area contributed by atoms with Gasteiger partial charge in [-0.25, -0.2) is 9.97 Å². The van der Waals surface area contributed by atoms with Gasteiger partial charge in [-0.05, 0) is 153 Å². The molecule has 7 aliphatic rings. The molecular weight excluding hydrogens is 949 g/mol. The van der Waals surface area contributed by atoms with E-state index in [2.05, 4.69) is 164 Å². The summed E-state index contributed by atoms with van der Waals surface area (Å²) in [6.45, 7) is 6.35. The first kappa shape index (κ1) is 46.6. The summed E-state index contributed by atoms with van der Waals surface area (Å²) in [6, 6.07) is 46.9. The molecule has 77 heavy (non-hydrogen) atoms. The van der Waals surface area contributed by atoms with Crippen molar-refractivity contribution in [2.24, 2.45) is 5.92 Å². The first-order chi connectivity index (χ1) is 37.6. The molecule has 8 aromatic rings. The largest absolute Gasteiger partial charge is 0.496 e. The lowest BCUT2D eigenvalue weighted by molar-refractivity contribution is -0.116. The van der Waals surface area contributed by atoms with Crippen LogP contribution in [0.25, 0.3) is 79.8 Å². The summed E-state index contributed by atoms with van der Waals surface area (Å²) in [4.78, 5) is 49.1. The van der Waals surface area contributed by atoms with E-state index in [1.54, 1.807) is 20.3 Å². The van der Waals surface area contributed by atoms with E-state index in [4.69, 9.17) is 19.4 Å². The number of benzene rings is 5. The molecule has 376 valence electrons. The third kappa shape index (κ3) is 7.48. The molecule has 2 aliphatic heterocycles. The number of hydrogen-bond acceptors (Lipinski definition) is 6.